The van der Waals surface area contributed by atoms with Gasteiger partial charge in [0.25, 0.3) is 0 Å². The van der Waals surface area contributed by atoms with Gasteiger partial charge < -0.3 is 0 Å². The molecule has 72 heavy (non-hydrogen) atoms. The molecule has 0 saturated heterocycles. The fourth-order valence-corrected chi connectivity index (χ4v) is 10.5. The molecule has 0 aliphatic carbocycles. The van der Waals surface area contributed by atoms with Crippen molar-refractivity contribution < 1.29 is 0 Å². The summed E-state index contributed by atoms with van der Waals surface area (Å²) in [6.07, 6.45) is 0. The molecule has 0 spiro atoms. The Morgan fingerprint density at radius 2 is 0.667 bits per heavy atom. The molecule has 0 unspecified atom stereocenters. The zero-order valence-electron chi connectivity index (χ0n) is 39.0. The molecule has 0 saturated carbocycles. The van der Waals surface area contributed by atoms with Gasteiger partial charge in [0.2, 0.25) is 0 Å². The summed E-state index contributed by atoms with van der Waals surface area (Å²) in [5.74, 6) is 1.80. The zero-order chi connectivity index (χ0) is 48.0. The third-order valence-corrected chi connectivity index (χ3v) is 14.0. The van der Waals surface area contributed by atoms with Gasteiger partial charge >= 0.3 is 0 Å². The second-order valence-corrected chi connectivity index (χ2v) is 18.2. The summed E-state index contributed by atoms with van der Waals surface area (Å²) in [5.41, 5.74) is 14.1. The largest absolute Gasteiger partial charge is 0.208 e. The third kappa shape index (κ3) is 7.63. The Morgan fingerprint density at radius 3 is 1.36 bits per heavy atom. The maximum atomic E-state index is 10.2. The van der Waals surface area contributed by atoms with Crippen LogP contribution in [-0.2, 0) is 0 Å². The summed E-state index contributed by atoms with van der Waals surface area (Å²) in [6.45, 7) is 0. The van der Waals surface area contributed by atoms with Crippen LogP contribution >= 0.6 is 0 Å². The standard InChI is InChI=1S/C68H42N4/c69-43-44-31-37-62(57-25-7-6-24-56(57)52-36-38-63-60-28-9-8-26-58(60)59-27-10-11-29-61(59)65(63)42-52)64(39-44)51-21-12-19-49(40-51)50-20-13-22-53(41-50)68-71-66(47-16-2-1-3-17-47)70-67(72-68)48-34-32-46(33-35-48)55-30-14-18-45-15-4-5-23-54(45)55/h1-42H. The van der Waals surface area contributed by atoms with Crippen LogP contribution in [0, 0.1) is 11.3 Å². The molecule has 12 aromatic carbocycles. The minimum absolute atomic E-state index is 0.588. The van der Waals surface area contributed by atoms with Crippen LogP contribution in [0.5, 0.6) is 0 Å². The van der Waals surface area contributed by atoms with E-state index in [9.17, 15) is 5.26 Å². The van der Waals surface area contributed by atoms with Gasteiger partial charge in [0, 0.05) is 16.7 Å². The number of benzene rings is 12. The highest BCUT2D eigenvalue weighted by Crippen LogP contribution is 2.43. The van der Waals surface area contributed by atoms with Crippen molar-refractivity contribution in [3.05, 3.63) is 260 Å². The first-order chi connectivity index (χ1) is 35.6. The van der Waals surface area contributed by atoms with E-state index in [1.54, 1.807) is 0 Å². The summed E-state index contributed by atoms with van der Waals surface area (Å²) in [4.78, 5) is 15.3. The Bertz CT molecular complexity index is 4240. The second kappa shape index (κ2) is 17.9. The molecule has 13 rings (SSSR count). The maximum Gasteiger partial charge on any atom is 0.164 e. The van der Waals surface area contributed by atoms with E-state index in [-0.39, 0.29) is 0 Å². The lowest BCUT2D eigenvalue weighted by atomic mass is 9.86. The number of hydrogen-bond donors (Lipinski definition) is 0. The van der Waals surface area contributed by atoms with Gasteiger partial charge in [-0.15, -0.1) is 0 Å². The van der Waals surface area contributed by atoms with Crippen molar-refractivity contribution in [3.8, 4) is 95.9 Å². The predicted molar refractivity (Wildman–Crippen MR) is 298 cm³/mol. The molecular weight excluding hydrogens is 873 g/mol. The lowest BCUT2D eigenvalue weighted by molar-refractivity contribution is 1.07. The molecule has 13 aromatic rings. The Balaban J connectivity index is 0.883. The number of rotatable bonds is 8. The molecular formula is C68H42N4. The average molecular weight is 915 g/mol. The molecule has 1 heterocycles. The van der Waals surface area contributed by atoms with Gasteiger partial charge in [-0.3, -0.25) is 0 Å². The van der Waals surface area contributed by atoms with Crippen LogP contribution < -0.4 is 0 Å². The lowest BCUT2D eigenvalue weighted by Gasteiger charge is -2.17. The quantitative estimate of drug-likeness (QED) is 0.143. The monoisotopic (exact) mass is 914 g/mol. The van der Waals surface area contributed by atoms with Crippen molar-refractivity contribution in [2.75, 3.05) is 0 Å². The summed E-state index contributed by atoms with van der Waals surface area (Å²) < 4.78 is 0. The molecule has 0 fully saturated rings. The SMILES string of the molecule is N#Cc1ccc(-c2ccccc2-c2ccc3c4ccccc4c4ccccc4c3c2)c(-c2cccc(-c3cccc(-c4nc(-c5ccccc5)nc(-c5ccc(-c6cccc7ccccc67)cc5)n4)c3)c2)c1. The molecule has 4 nitrogen and oxygen atoms in total. The highest BCUT2D eigenvalue weighted by Gasteiger charge is 2.18. The van der Waals surface area contributed by atoms with Crippen molar-refractivity contribution in [1.29, 1.82) is 5.26 Å². The molecule has 0 bridgehead atoms. The maximum absolute atomic E-state index is 10.2. The van der Waals surface area contributed by atoms with Crippen LogP contribution in [-0.4, -0.2) is 15.0 Å². The van der Waals surface area contributed by atoms with E-state index in [2.05, 4.69) is 218 Å². The highest BCUT2D eigenvalue weighted by molar-refractivity contribution is 6.25. The lowest BCUT2D eigenvalue weighted by Crippen LogP contribution is -2.00. The molecule has 0 radical (unpaired) electrons. The van der Waals surface area contributed by atoms with E-state index in [4.69, 9.17) is 15.0 Å². The topological polar surface area (TPSA) is 62.5 Å². The van der Waals surface area contributed by atoms with Crippen LogP contribution in [0.4, 0.5) is 0 Å². The van der Waals surface area contributed by atoms with Gasteiger partial charge in [-0.2, -0.15) is 5.26 Å². The zero-order valence-corrected chi connectivity index (χ0v) is 39.0. The van der Waals surface area contributed by atoms with Crippen LogP contribution in [0.1, 0.15) is 5.56 Å². The number of aromatic nitrogens is 3. The first-order valence-corrected chi connectivity index (χ1v) is 24.2. The van der Waals surface area contributed by atoms with Crippen molar-refractivity contribution in [2.45, 2.75) is 0 Å². The van der Waals surface area contributed by atoms with E-state index < -0.39 is 0 Å². The van der Waals surface area contributed by atoms with Crippen molar-refractivity contribution in [1.82, 2.24) is 15.0 Å². The Hall–Kier alpha value is -9.82. The molecule has 0 atom stereocenters. The number of nitrogens with zero attached hydrogens (tertiary/aromatic N) is 4. The summed E-state index contributed by atoms with van der Waals surface area (Å²) in [6, 6.07) is 91.9. The fraction of sp³-hybridized carbons (Fsp3) is 0. The fourth-order valence-electron chi connectivity index (χ4n) is 10.5. The smallest absolute Gasteiger partial charge is 0.164 e. The predicted octanol–water partition coefficient (Wildman–Crippen LogP) is 17.7. The Morgan fingerprint density at radius 1 is 0.236 bits per heavy atom. The highest BCUT2D eigenvalue weighted by atomic mass is 15.0. The van der Waals surface area contributed by atoms with Gasteiger partial charge in [0.1, 0.15) is 0 Å². The minimum Gasteiger partial charge on any atom is -0.208 e. The summed E-state index contributed by atoms with van der Waals surface area (Å²) in [5, 5.41) is 20.1. The van der Waals surface area contributed by atoms with Crippen LogP contribution in [0.2, 0.25) is 0 Å². The van der Waals surface area contributed by atoms with E-state index in [1.807, 2.05) is 42.5 Å². The van der Waals surface area contributed by atoms with Gasteiger partial charge in [0.05, 0.1) is 11.6 Å². The Kier molecular flexibility index (Phi) is 10.5. The van der Waals surface area contributed by atoms with Gasteiger partial charge in [0.15, 0.2) is 17.5 Å². The van der Waals surface area contributed by atoms with Crippen molar-refractivity contribution in [2.24, 2.45) is 0 Å². The van der Waals surface area contributed by atoms with E-state index in [1.165, 1.54) is 48.7 Å². The number of nitriles is 1. The minimum atomic E-state index is 0.588. The van der Waals surface area contributed by atoms with Gasteiger partial charge in [-0.25, -0.2) is 15.0 Å². The Labute approximate surface area is 417 Å². The van der Waals surface area contributed by atoms with E-state index >= 15 is 0 Å². The van der Waals surface area contributed by atoms with Gasteiger partial charge in [-0.05, 0) is 129 Å². The van der Waals surface area contributed by atoms with Crippen LogP contribution in [0.15, 0.2) is 255 Å². The summed E-state index contributed by atoms with van der Waals surface area (Å²) >= 11 is 0. The molecule has 0 N–H and O–H groups in total. The third-order valence-electron chi connectivity index (χ3n) is 14.0. The molecule has 1 aromatic heterocycles. The molecule has 334 valence electrons. The number of fused-ring (bicyclic) bond motifs is 7. The first kappa shape index (κ1) is 42.3. The van der Waals surface area contributed by atoms with Gasteiger partial charge in [-0.1, -0.05) is 224 Å². The van der Waals surface area contributed by atoms with E-state index in [0.717, 1.165) is 66.8 Å². The normalized spacial score (nSPS) is 11.3. The average Bonchev–Trinajstić information content (AvgIpc) is 3.47. The van der Waals surface area contributed by atoms with Crippen LogP contribution in [0.25, 0.3) is 133 Å². The number of hydrogen-bond acceptors (Lipinski definition) is 4. The van der Waals surface area contributed by atoms with Crippen molar-refractivity contribution in [3.63, 3.8) is 0 Å². The molecule has 0 aliphatic rings. The van der Waals surface area contributed by atoms with Crippen LogP contribution in [0.3, 0.4) is 0 Å². The molecule has 4 heteroatoms. The van der Waals surface area contributed by atoms with E-state index in [0.29, 0.717) is 23.0 Å². The molecule has 0 aliphatic heterocycles. The summed E-state index contributed by atoms with van der Waals surface area (Å²) in [7, 11) is 0. The van der Waals surface area contributed by atoms with Crippen molar-refractivity contribution >= 4 is 43.1 Å². The first-order valence-electron chi connectivity index (χ1n) is 24.2. The second-order valence-electron chi connectivity index (χ2n) is 18.2. The molecule has 0 amide bonds.